The Bertz CT molecular complexity index is 1970. The van der Waals surface area contributed by atoms with Crippen LogP contribution in [-0.2, 0) is 4.74 Å². The van der Waals surface area contributed by atoms with Gasteiger partial charge in [0.05, 0.1) is 15.9 Å². The van der Waals surface area contributed by atoms with Crippen molar-refractivity contribution in [1.82, 2.24) is 24.8 Å². The second kappa shape index (κ2) is 12.8. The lowest BCUT2D eigenvalue weighted by Crippen LogP contribution is -2.57. The van der Waals surface area contributed by atoms with Crippen LogP contribution in [0.5, 0.6) is 6.01 Å². The summed E-state index contributed by atoms with van der Waals surface area (Å²) in [6.45, 7) is 16.3. The zero-order valence-corrected chi connectivity index (χ0v) is 28.6. The van der Waals surface area contributed by atoms with E-state index in [2.05, 4.69) is 19.7 Å². The Hall–Kier alpha value is -4.34. The third-order valence-electron chi connectivity index (χ3n) is 9.83. The summed E-state index contributed by atoms with van der Waals surface area (Å²) in [7, 11) is 0. The van der Waals surface area contributed by atoms with Gasteiger partial charge >= 0.3 is 12.1 Å². The number of carbonyl (C=O) groups is 1. The average Bonchev–Trinajstić information content (AvgIpc) is 3.65. The number of ether oxygens (including phenoxy) is 2. The normalized spacial score (nSPS) is 19.3. The molecule has 3 fully saturated rings. The van der Waals surface area contributed by atoms with Gasteiger partial charge in [-0.1, -0.05) is 35.9 Å². The highest BCUT2D eigenvalue weighted by Crippen LogP contribution is 2.41. The molecule has 0 aliphatic carbocycles. The molecular weight excluding hydrogens is 652 g/mol. The lowest BCUT2D eigenvalue weighted by Gasteiger charge is -2.40. The first-order valence-electron chi connectivity index (χ1n) is 16.7. The molecule has 0 saturated carbocycles. The maximum Gasteiger partial charge on any atom is 0.410 e. The number of anilines is 1. The summed E-state index contributed by atoms with van der Waals surface area (Å²) in [6.07, 6.45) is 5.23. The summed E-state index contributed by atoms with van der Waals surface area (Å²) in [6, 6.07) is 7.59. The van der Waals surface area contributed by atoms with Crippen molar-refractivity contribution >= 4 is 45.2 Å². The molecule has 2 aromatic carbocycles. The molecular formula is C36H38ClF2N7O3. The maximum absolute atomic E-state index is 16.8. The lowest BCUT2D eigenvalue weighted by molar-refractivity contribution is 0.0155. The molecule has 3 saturated heterocycles. The Morgan fingerprint density at radius 3 is 2.61 bits per heavy atom. The highest BCUT2D eigenvalue weighted by molar-refractivity contribution is 6.36. The van der Waals surface area contributed by atoms with Crippen molar-refractivity contribution in [3.8, 4) is 17.3 Å². The van der Waals surface area contributed by atoms with Crippen LogP contribution < -0.4 is 9.64 Å². The highest BCUT2D eigenvalue weighted by Gasteiger charge is 2.45. The van der Waals surface area contributed by atoms with Crippen molar-refractivity contribution in [3.05, 3.63) is 64.6 Å². The first-order chi connectivity index (χ1) is 23.5. The molecule has 0 spiro atoms. The zero-order chi connectivity index (χ0) is 34.5. The number of hydrogen-bond acceptors (Lipinski definition) is 8. The van der Waals surface area contributed by atoms with Gasteiger partial charge in [-0.05, 0) is 71.0 Å². The number of nitrogens with zero attached hydrogens (tertiary/aromatic N) is 7. The maximum atomic E-state index is 16.8. The quantitative estimate of drug-likeness (QED) is 0.198. The molecule has 10 nitrogen and oxygen atoms in total. The monoisotopic (exact) mass is 689 g/mol. The molecule has 1 atom stereocenters. The third kappa shape index (κ3) is 6.19. The van der Waals surface area contributed by atoms with Crippen molar-refractivity contribution in [2.24, 2.45) is 0 Å². The van der Waals surface area contributed by atoms with Gasteiger partial charge in [-0.2, -0.15) is 9.97 Å². The van der Waals surface area contributed by atoms with E-state index in [1.54, 1.807) is 49.9 Å². The predicted molar refractivity (Wildman–Crippen MR) is 184 cm³/mol. The number of benzene rings is 2. The number of aromatic nitrogens is 3. The molecule has 0 N–H and O–H groups in total. The Kier molecular flexibility index (Phi) is 8.69. The summed E-state index contributed by atoms with van der Waals surface area (Å²) in [4.78, 5) is 36.6. The van der Waals surface area contributed by atoms with Gasteiger partial charge in [-0.3, -0.25) is 14.8 Å². The van der Waals surface area contributed by atoms with E-state index in [0.717, 1.165) is 38.8 Å². The van der Waals surface area contributed by atoms with Gasteiger partial charge in [0, 0.05) is 36.8 Å². The molecule has 1 amide bonds. The van der Waals surface area contributed by atoms with Crippen LogP contribution in [0, 0.1) is 18.2 Å². The number of piperazine rings is 1. The minimum Gasteiger partial charge on any atom is -0.461 e. The minimum absolute atomic E-state index is 0.00182. The number of carbonyl (C=O) groups excluding carboxylic acids is 1. The van der Waals surface area contributed by atoms with Crippen LogP contribution in [0.25, 0.3) is 37.8 Å². The third-order valence-corrected chi connectivity index (χ3v) is 10.2. The topological polar surface area (TPSA) is 88.3 Å². The molecule has 7 rings (SSSR count). The Morgan fingerprint density at radius 1 is 1.10 bits per heavy atom. The Balaban J connectivity index is 1.31. The van der Waals surface area contributed by atoms with Gasteiger partial charge in [0.1, 0.15) is 41.1 Å². The van der Waals surface area contributed by atoms with Gasteiger partial charge in [0.25, 0.3) is 0 Å². The standard InChI is InChI=1S/C36H38ClF2N7O3/c1-35(2,3)49-34(47)46-17-16-44(20-23(46)18-40-4)32-25-19-41-30(24-9-5-8-22-10-11-26(38)28(37)27(22)24)29(39)31(25)42-33(43-32)48-21-36-12-6-14-45(36)15-7-13-36/h5,8-11,19,23H,6-7,12-18,20-21H2,1-3H3/t23-/m0/s1. The molecule has 3 aliphatic heterocycles. The second-order valence-corrected chi connectivity index (χ2v) is 14.5. The molecule has 0 radical (unpaired) electrons. The van der Waals surface area contributed by atoms with E-state index in [4.69, 9.17) is 32.6 Å². The van der Waals surface area contributed by atoms with Gasteiger partial charge in [-0.25, -0.2) is 20.1 Å². The minimum atomic E-state index is -0.717. The van der Waals surface area contributed by atoms with Gasteiger partial charge < -0.3 is 19.2 Å². The van der Waals surface area contributed by atoms with E-state index in [1.165, 1.54) is 12.3 Å². The SMILES string of the molecule is [C-]#[N+]C[C@H]1CN(c2nc(OCC34CCCN3CCC4)nc3c(F)c(-c4cccc5ccc(F)c(Cl)c45)ncc23)CCN1C(=O)OC(C)(C)C. The molecule has 5 heterocycles. The van der Waals surface area contributed by atoms with Crippen LogP contribution >= 0.6 is 11.6 Å². The summed E-state index contributed by atoms with van der Waals surface area (Å²) in [5, 5.41) is 1.22. The number of amides is 1. The average molecular weight is 690 g/mol. The van der Waals surface area contributed by atoms with E-state index >= 15 is 4.39 Å². The molecule has 2 aromatic heterocycles. The smallest absolute Gasteiger partial charge is 0.410 e. The summed E-state index contributed by atoms with van der Waals surface area (Å²) in [5.74, 6) is -0.939. The van der Waals surface area contributed by atoms with Crippen LogP contribution in [0.3, 0.4) is 0 Å². The molecule has 0 unspecified atom stereocenters. The first kappa shape index (κ1) is 33.2. The number of rotatable bonds is 6. The summed E-state index contributed by atoms with van der Waals surface area (Å²) >= 11 is 6.42. The molecule has 4 aromatic rings. The summed E-state index contributed by atoms with van der Waals surface area (Å²) in [5.41, 5.74) is -0.486. The Labute approximate surface area is 288 Å². The molecule has 256 valence electrons. The van der Waals surface area contributed by atoms with E-state index in [0.29, 0.717) is 40.7 Å². The number of halogens is 3. The first-order valence-corrected chi connectivity index (χ1v) is 17.0. The predicted octanol–water partition coefficient (Wildman–Crippen LogP) is 7.13. The molecule has 3 aliphatic rings. The number of fused-ring (bicyclic) bond motifs is 3. The van der Waals surface area contributed by atoms with Crippen molar-refractivity contribution in [2.45, 2.75) is 63.6 Å². The second-order valence-electron chi connectivity index (χ2n) is 14.1. The lowest BCUT2D eigenvalue weighted by atomic mass is 9.95. The fourth-order valence-corrected chi connectivity index (χ4v) is 7.83. The van der Waals surface area contributed by atoms with Crippen molar-refractivity contribution in [3.63, 3.8) is 0 Å². The fourth-order valence-electron chi connectivity index (χ4n) is 7.55. The summed E-state index contributed by atoms with van der Waals surface area (Å²) < 4.78 is 43.4. The van der Waals surface area contributed by atoms with Gasteiger partial charge in [-0.15, -0.1) is 0 Å². The fraction of sp³-hybridized carbons (Fsp3) is 0.472. The molecule has 0 bridgehead atoms. The van der Waals surface area contributed by atoms with E-state index in [-0.39, 0.29) is 47.4 Å². The molecule has 49 heavy (non-hydrogen) atoms. The highest BCUT2D eigenvalue weighted by atomic mass is 35.5. The van der Waals surface area contributed by atoms with Crippen molar-refractivity contribution in [2.75, 3.05) is 50.8 Å². The van der Waals surface area contributed by atoms with Crippen molar-refractivity contribution in [1.29, 1.82) is 0 Å². The largest absolute Gasteiger partial charge is 0.461 e. The van der Waals surface area contributed by atoms with Crippen LogP contribution in [0.15, 0.2) is 36.5 Å². The van der Waals surface area contributed by atoms with Crippen LogP contribution in [0.2, 0.25) is 5.02 Å². The van der Waals surface area contributed by atoms with E-state index < -0.39 is 29.4 Å². The van der Waals surface area contributed by atoms with Crippen LogP contribution in [0.4, 0.5) is 19.4 Å². The van der Waals surface area contributed by atoms with E-state index in [1.807, 2.05) is 4.90 Å². The Morgan fingerprint density at radius 2 is 1.88 bits per heavy atom. The molecule has 13 heteroatoms. The number of pyridine rings is 1. The van der Waals surface area contributed by atoms with Crippen molar-refractivity contribution < 1.29 is 23.0 Å². The van der Waals surface area contributed by atoms with Crippen LogP contribution in [-0.4, -0.2) is 93.9 Å². The zero-order valence-electron chi connectivity index (χ0n) is 27.8. The van der Waals surface area contributed by atoms with Gasteiger partial charge in [0.15, 0.2) is 5.82 Å². The van der Waals surface area contributed by atoms with Crippen LogP contribution in [0.1, 0.15) is 46.5 Å². The van der Waals surface area contributed by atoms with Gasteiger partial charge in [0.2, 0.25) is 6.54 Å². The number of hydrogen-bond donors (Lipinski definition) is 0. The van der Waals surface area contributed by atoms with E-state index in [9.17, 15) is 9.18 Å².